The lowest BCUT2D eigenvalue weighted by Gasteiger charge is -2.13. The summed E-state index contributed by atoms with van der Waals surface area (Å²) < 4.78 is 0. The highest BCUT2D eigenvalue weighted by molar-refractivity contribution is 5.86. The van der Waals surface area contributed by atoms with Gasteiger partial charge in [-0.05, 0) is 12.5 Å². The van der Waals surface area contributed by atoms with Crippen molar-refractivity contribution < 1.29 is 9.90 Å². The van der Waals surface area contributed by atoms with Crippen LogP contribution in [0.3, 0.4) is 0 Å². The molecule has 0 radical (unpaired) electrons. The summed E-state index contributed by atoms with van der Waals surface area (Å²) in [6.45, 7) is 2.02. The first-order chi connectivity index (χ1) is 9.45. The Labute approximate surface area is 117 Å². The number of carboxylic acid groups (broad SMARTS) is 1. The van der Waals surface area contributed by atoms with Gasteiger partial charge in [0.15, 0.2) is 5.69 Å². The summed E-state index contributed by atoms with van der Waals surface area (Å²) in [5.74, 6) is 0.0697. The molecule has 0 unspecified atom stereocenters. The monoisotopic (exact) mass is 271 g/mol. The van der Waals surface area contributed by atoms with Crippen LogP contribution < -0.4 is 4.90 Å². The van der Waals surface area contributed by atoms with Crippen molar-refractivity contribution >= 4 is 11.8 Å². The number of nitrogens with zero attached hydrogens (tertiary/aromatic N) is 3. The van der Waals surface area contributed by atoms with Crippen molar-refractivity contribution in [2.45, 2.75) is 13.3 Å². The van der Waals surface area contributed by atoms with Gasteiger partial charge in [-0.1, -0.05) is 29.8 Å². The Morgan fingerprint density at radius 1 is 1.25 bits per heavy atom. The van der Waals surface area contributed by atoms with Crippen LogP contribution >= 0.6 is 0 Å². The number of aryl methyl sites for hydroxylation is 1. The molecule has 0 spiro atoms. The van der Waals surface area contributed by atoms with Crippen LogP contribution in [-0.4, -0.2) is 35.1 Å². The van der Waals surface area contributed by atoms with Crippen LogP contribution in [0.4, 0.5) is 5.82 Å². The number of benzene rings is 1. The number of carbonyl (C=O) groups is 1. The topological polar surface area (TPSA) is 66.3 Å². The molecule has 1 aromatic carbocycles. The number of anilines is 1. The van der Waals surface area contributed by atoms with Gasteiger partial charge in [0.1, 0.15) is 11.6 Å². The predicted molar refractivity (Wildman–Crippen MR) is 77.3 cm³/mol. The van der Waals surface area contributed by atoms with Crippen molar-refractivity contribution in [3.63, 3.8) is 0 Å². The highest BCUT2D eigenvalue weighted by atomic mass is 16.4. The molecule has 0 aliphatic rings. The molecule has 0 bridgehead atoms. The molecule has 0 amide bonds. The minimum Gasteiger partial charge on any atom is -0.477 e. The molecule has 1 N–H and O–H groups in total. The maximum Gasteiger partial charge on any atom is 0.354 e. The fraction of sp³-hybridized carbons (Fsp3) is 0.267. The molecule has 0 saturated heterocycles. The number of hydrogen-bond acceptors (Lipinski definition) is 4. The number of hydrogen-bond donors (Lipinski definition) is 1. The van der Waals surface area contributed by atoms with E-state index in [2.05, 4.69) is 9.97 Å². The van der Waals surface area contributed by atoms with Crippen LogP contribution in [0.2, 0.25) is 0 Å². The summed E-state index contributed by atoms with van der Waals surface area (Å²) in [6.07, 6.45) is 0.518. The van der Waals surface area contributed by atoms with Gasteiger partial charge in [0.05, 0.1) is 0 Å². The van der Waals surface area contributed by atoms with Crippen LogP contribution in [0.1, 0.15) is 27.4 Å². The molecule has 5 heteroatoms. The van der Waals surface area contributed by atoms with Crippen molar-refractivity contribution in [2.75, 3.05) is 19.0 Å². The molecule has 5 nitrogen and oxygen atoms in total. The molecule has 1 aromatic heterocycles. The zero-order valence-corrected chi connectivity index (χ0v) is 11.8. The van der Waals surface area contributed by atoms with Gasteiger partial charge in [-0.25, -0.2) is 14.8 Å². The highest BCUT2D eigenvalue weighted by Crippen LogP contribution is 2.14. The smallest absolute Gasteiger partial charge is 0.354 e. The number of carboxylic acids is 1. The third-order valence-electron chi connectivity index (χ3n) is 2.88. The van der Waals surface area contributed by atoms with Gasteiger partial charge in [0, 0.05) is 26.6 Å². The molecule has 2 aromatic rings. The molecular weight excluding hydrogens is 254 g/mol. The van der Waals surface area contributed by atoms with Gasteiger partial charge < -0.3 is 10.0 Å². The van der Waals surface area contributed by atoms with Gasteiger partial charge >= 0.3 is 5.97 Å². The fourth-order valence-corrected chi connectivity index (χ4v) is 1.91. The average molecular weight is 271 g/mol. The lowest BCUT2D eigenvalue weighted by atomic mass is 10.1. The third kappa shape index (κ3) is 3.32. The standard InChI is InChI=1S/C15H17N3O2/c1-10-5-4-6-11(7-10)8-13-16-12(15(19)20)9-14(17-13)18(2)3/h4-7,9H,8H2,1-3H3,(H,19,20). The van der Waals surface area contributed by atoms with E-state index >= 15 is 0 Å². The van der Waals surface area contributed by atoms with Gasteiger partial charge in [-0.15, -0.1) is 0 Å². The lowest BCUT2D eigenvalue weighted by molar-refractivity contribution is 0.0690. The molecule has 0 fully saturated rings. The van der Waals surface area contributed by atoms with Gasteiger partial charge in [0.2, 0.25) is 0 Å². The van der Waals surface area contributed by atoms with E-state index in [0.29, 0.717) is 18.1 Å². The zero-order valence-electron chi connectivity index (χ0n) is 11.8. The average Bonchev–Trinajstić information content (AvgIpc) is 2.38. The second-order valence-electron chi connectivity index (χ2n) is 4.89. The van der Waals surface area contributed by atoms with Gasteiger partial charge in [0.25, 0.3) is 0 Å². The van der Waals surface area contributed by atoms with E-state index in [1.807, 2.05) is 45.3 Å². The number of aromatic nitrogens is 2. The molecule has 0 saturated carbocycles. The Morgan fingerprint density at radius 3 is 2.60 bits per heavy atom. The molecule has 2 rings (SSSR count). The van der Waals surface area contributed by atoms with E-state index in [1.54, 1.807) is 4.90 Å². The van der Waals surface area contributed by atoms with Crippen LogP contribution in [0.25, 0.3) is 0 Å². The zero-order chi connectivity index (χ0) is 14.7. The first-order valence-corrected chi connectivity index (χ1v) is 6.30. The summed E-state index contributed by atoms with van der Waals surface area (Å²) in [5.41, 5.74) is 2.24. The second kappa shape index (κ2) is 5.69. The van der Waals surface area contributed by atoms with Gasteiger partial charge in [-0.2, -0.15) is 0 Å². The van der Waals surface area contributed by atoms with Crippen LogP contribution in [0, 0.1) is 6.92 Å². The van der Waals surface area contributed by atoms with Gasteiger partial charge in [-0.3, -0.25) is 0 Å². The minimum absolute atomic E-state index is 0.0198. The SMILES string of the molecule is Cc1cccc(Cc2nc(C(=O)O)cc(N(C)C)n2)c1. The van der Waals surface area contributed by atoms with E-state index in [-0.39, 0.29) is 5.69 Å². The predicted octanol–water partition coefficient (Wildman–Crippen LogP) is 2.14. The first-order valence-electron chi connectivity index (χ1n) is 6.30. The van der Waals surface area contributed by atoms with Crippen LogP contribution in [-0.2, 0) is 6.42 Å². The lowest BCUT2D eigenvalue weighted by Crippen LogP contribution is -2.15. The molecule has 0 atom stereocenters. The third-order valence-corrected chi connectivity index (χ3v) is 2.88. The minimum atomic E-state index is -1.04. The Kier molecular flexibility index (Phi) is 3.98. The number of rotatable bonds is 4. The summed E-state index contributed by atoms with van der Waals surface area (Å²) in [5, 5.41) is 9.12. The molecule has 0 aliphatic carbocycles. The molecule has 0 aliphatic heterocycles. The van der Waals surface area contributed by atoms with Crippen molar-refractivity contribution in [3.8, 4) is 0 Å². The summed E-state index contributed by atoms with van der Waals surface area (Å²) in [7, 11) is 3.65. The van der Waals surface area contributed by atoms with E-state index in [0.717, 1.165) is 11.1 Å². The van der Waals surface area contributed by atoms with E-state index in [1.165, 1.54) is 6.07 Å². The first kappa shape index (κ1) is 14.0. The summed E-state index contributed by atoms with van der Waals surface area (Å²) >= 11 is 0. The highest BCUT2D eigenvalue weighted by Gasteiger charge is 2.12. The Bertz CT molecular complexity index is 639. The Morgan fingerprint density at radius 2 is 2.00 bits per heavy atom. The summed E-state index contributed by atoms with van der Waals surface area (Å²) in [4.78, 5) is 21.4. The van der Waals surface area contributed by atoms with Crippen LogP contribution in [0.5, 0.6) is 0 Å². The molecular formula is C15H17N3O2. The van der Waals surface area contributed by atoms with Crippen molar-refractivity contribution in [3.05, 3.63) is 53.0 Å². The van der Waals surface area contributed by atoms with E-state index in [4.69, 9.17) is 5.11 Å². The van der Waals surface area contributed by atoms with Crippen molar-refractivity contribution in [2.24, 2.45) is 0 Å². The normalized spacial score (nSPS) is 10.3. The maximum atomic E-state index is 11.1. The maximum absolute atomic E-state index is 11.1. The van der Waals surface area contributed by atoms with Crippen molar-refractivity contribution in [1.29, 1.82) is 0 Å². The number of aromatic carboxylic acids is 1. The Hall–Kier alpha value is -2.43. The van der Waals surface area contributed by atoms with E-state index in [9.17, 15) is 4.79 Å². The molecule has 1 heterocycles. The largest absolute Gasteiger partial charge is 0.477 e. The molecule has 104 valence electrons. The fourth-order valence-electron chi connectivity index (χ4n) is 1.91. The molecule has 20 heavy (non-hydrogen) atoms. The van der Waals surface area contributed by atoms with Crippen LogP contribution in [0.15, 0.2) is 30.3 Å². The summed E-state index contributed by atoms with van der Waals surface area (Å²) in [6, 6.07) is 9.50. The van der Waals surface area contributed by atoms with Crippen molar-refractivity contribution in [1.82, 2.24) is 9.97 Å². The quantitative estimate of drug-likeness (QED) is 0.922. The van der Waals surface area contributed by atoms with E-state index < -0.39 is 5.97 Å². The second-order valence-corrected chi connectivity index (χ2v) is 4.89. The Balaban J connectivity index is 2.38.